The summed E-state index contributed by atoms with van der Waals surface area (Å²) in [6, 6.07) is 0.286. The van der Waals surface area contributed by atoms with Gasteiger partial charge in [0.15, 0.2) is 0 Å². The van der Waals surface area contributed by atoms with Crippen LogP contribution in [0.3, 0.4) is 0 Å². The van der Waals surface area contributed by atoms with Gasteiger partial charge in [-0.3, -0.25) is 9.59 Å². The Bertz CT molecular complexity index is 366. The van der Waals surface area contributed by atoms with Gasteiger partial charge in [0, 0.05) is 25.6 Å². The van der Waals surface area contributed by atoms with Crippen LogP contribution in [0.5, 0.6) is 0 Å². The molecule has 0 aliphatic carbocycles. The van der Waals surface area contributed by atoms with Crippen molar-refractivity contribution in [1.29, 1.82) is 0 Å². The molecule has 0 radical (unpaired) electrons. The summed E-state index contributed by atoms with van der Waals surface area (Å²) in [5.41, 5.74) is 0. The molecule has 2 unspecified atom stereocenters. The highest BCUT2D eigenvalue weighted by atomic mass is 16.2. The quantitative estimate of drug-likeness (QED) is 0.776. The van der Waals surface area contributed by atoms with Crippen LogP contribution in [0.4, 0.5) is 0 Å². The van der Waals surface area contributed by atoms with Gasteiger partial charge in [-0.05, 0) is 44.7 Å². The van der Waals surface area contributed by atoms with Gasteiger partial charge < -0.3 is 15.1 Å². The molecule has 3 aliphatic heterocycles. The highest BCUT2D eigenvalue weighted by Crippen LogP contribution is 2.28. The summed E-state index contributed by atoms with van der Waals surface area (Å²) in [4.78, 5) is 28.2. The van der Waals surface area contributed by atoms with Crippen molar-refractivity contribution >= 4 is 11.8 Å². The number of hydrogen-bond acceptors (Lipinski definition) is 3. The minimum absolute atomic E-state index is 0.144. The van der Waals surface area contributed by atoms with Gasteiger partial charge >= 0.3 is 0 Å². The topological polar surface area (TPSA) is 52.7 Å². The van der Waals surface area contributed by atoms with E-state index in [1.54, 1.807) is 0 Å². The number of carbonyl (C=O) groups is 2. The molecular weight excluding hydrogens is 242 g/mol. The Kier molecular flexibility index (Phi) is 3.73. The third kappa shape index (κ3) is 2.61. The number of carbonyl (C=O) groups excluding carboxylic acids is 2. The number of nitrogens with one attached hydrogen (secondary N) is 1. The van der Waals surface area contributed by atoms with E-state index in [-0.39, 0.29) is 17.9 Å². The summed E-state index contributed by atoms with van der Waals surface area (Å²) in [5.74, 6) is 0.860. The monoisotopic (exact) mass is 265 g/mol. The van der Waals surface area contributed by atoms with Crippen LogP contribution in [0, 0.1) is 5.92 Å². The number of nitrogens with zero attached hydrogens (tertiary/aromatic N) is 2. The number of amides is 2. The van der Waals surface area contributed by atoms with Crippen molar-refractivity contribution in [3.8, 4) is 0 Å². The molecule has 0 bridgehead atoms. The van der Waals surface area contributed by atoms with E-state index in [9.17, 15) is 9.59 Å². The molecule has 3 heterocycles. The van der Waals surface area contributed by atoms with Crippen LogP contribution in [0.15, 0.2) is 0 Å². The zero-order chi connectivity index (χ0) is 13.2. The maximum Gasteiger partial charge on any atom is 0.242 e. The van der Waals surface area contributed by atoms with E-state index in [0.29, 0.717) is 18.9 Å². The molecule has 5 nitrogen and oxygen atoms in total. The van der Waals surface area contributed by atoms with E-state index < -0.39 is 0 Å². The third-order valence-electron chi connectivity index (χ3n) is 4.78. The fraction of sp³-hybridized carbons (Fsp3) is 0.857. The van der Waals surface area contributed by atoms with E-state index in [1.807, 2.05) is 9.80 Å². The molecule has 3 rings (SSSR count). The largest absolute Gasteiger partial charge is 0.341 e. The van der Waals surface area contributed by atoms with E-state index in [1.165, 1.54) is 0 Å². The molecule has 0 saturated carbocycles. The lowest BCUT2D eigenvalue weighted by molar-refractivity contribution is -0.146. The van der Waals surface area contributed by atoms with Gasteiger partial charge in [-0.15, -0.1) is 0 Å². The maximum atomic E-state index is 12.3. The fourth-order valence-electron chi connectivity index (χ4n) is 3.67. The molecule has 0 aromatic heterocycles. The van der Waals surface area contributed by atoms with Crippen LogP contribution in [0.1, 0.15) is 32.1 Å². The van der Waals surface area contributed by atoms with E-state index in [0.717, 1.165) is 51.9 Å². The molecule has 19 heavy (non-hydrogen) atoms. The van der Waals surface area contributed by atoms with Crippen LogP contribution < -0.4 is 5.32 Å². The Morgan fingerprint density at radius 2 is 2.05 bits per heavy atom. The number of rotatable bonds is 2. The molecule has 5 heteroatoms. The maximum absolute atomic E-state index is 12.3. The van der Waals surface area contributed by atoms with Gasteiger partial charge in [-0.1, -0.05) is 0 Å². The lowest BCUT2D eigenvalue weighted by Crippen LogP contribution is -2.57. The summed E-state index contributed by atoms with van der Waals surface area (Å²) in [5, 5.41) is 3.39. The van der Waals surface area contributed by atoms with Crippen LogP contribution in [-0.4, -0.2) is 60.4 Å². The minimum atomic E-state index is 0.144. The van der Waals surface area contributed by atoms with Gasteiger partial charge in [0.25, 0.3) is 0 Å². The summed E-state index contributed by atoms with van der Waals surface area (Å²) < 4.78 is 0. The Morgan fingerprint density at radius 3 is 2.84 bits per heavy atom. The van der Waals surface area contributed by atoms with E-state index in [4.69, 9.17) is 0 Å². The van der Waals surface area contributed by atoms with Crippen molar-refractivity contribution in [2.45, 2.75) is 38.1 Å². The Hall–Kier alpha value is -1.10. The molecule has 3 saturated heterocycles. The van der Waals surface area contributed by atoms with Crippen molar-refractivity contribution in [3.05, 3.63) is 0 Å². The number of hydrogen-bond donors (Lipinski definition) is 1. The predicted octanol–water partition coefficient (Wildman–Crippen LogP) is 0.209. The van der Waals surface area contributed by atoms with Gasteiger partial charge in [0.2, 0.25) is 11.8 Å². The zero-order valence-electron chi connectivity index (χ0n) is 11.4. The Morgan fingerprint density at radius 1 is 1.26 bits per heavy atom. The van der Waals surface area contributed by atoms with Crippen LogP contribution in [-0.2, 0) is 9.59 Å². The number of fused-ring (bicyclic) bond motifs is 1. The van der Waals surface area contributed by atoms with Gasteiger partial charge in [0.05, 0.1) is 0 Å². The zero-order valence-corrected chi connectivity index (χ0v) is 11.4. The predicted molar refractivity (Wildman–Crippen MR) is 71.5 cm³/mol. The van der Waals surface area contributed by atoms with Crippen LogP contribution >= 0.6 is 0 Å². The second-order valence-electron chi connectivity index (χ2n) is 5.97. The number of likely N-dealkylation sites (tertiary alicyclic amines) is 2. The molecule has 1 N–H and O–H groups in total. The fourth-order valence-corrected chi connectivity index (χ4v) is 3.67. The first-order valence-electron chi connectivity index (χ1n) is 7.53. The second kappa shape index (κ2) is 5.49. The summed E-state index contributed by atoms with van der Waals surface area (Å²) >= 11 is 0. The first kappa shape index (κ1) is 12.9. The van der Waals surface area contributed by atoms with Gasteiger partial charge in [-0.25, -0.2) is 0 Å². The summed E-state index contributed by atoms with van der Waals surface area (Å²) in [7, 11) is 0. The average Bonchev–Trinajstić information content (AvgIpc) is 2.96. The first-order valence-corrected chi connectivity index (χ1v) is 7.53. The van der Waals surface area contributed by atoms with Gasteiger partial charge in [-0.2, -0.15) is 0 Å². The number of piperidine rings is 2. The van der Waals surface area contributed by atoms with Crippen molar-refractivity contribution in [2.75, 3.05) is 32.7 Å². The van der Waals surface area contributed by atoms with Crippen molar-refractivity contribution in [2.24, 2.45) is 5.92 Å². The van der Waals surface area contributed by atoms with Crippen molar-refractivity contribution < 1.29 is 9.59 Å². The van der Waals surface area contributed by atoms with Crippen LogP contribution in [0.25, 0.3) is 0 Å². The molecule has 2 atom stereocenters. The molecule has 2 amide bonds. The normalized spacial score (nSPS) is 31.5. The molecule has 3 fully saturated rings. The molecule has 0 aromatic rings. The first-order chi connectivity index (χ1) is 9.25. The summed E-state index contributed by atoms with van der Waals surface area (Å²) in [6.07, 6.45) is 4.79. The average molecular weight is 265 g/mol. The van der Waals surface area contributed by atoms with Gasteiger partial charge in [0.1, 0.15) is 6.54 Å². The Balaban J connectivity index is 1.66. The highest BCUT2D eigenvalue weighted by molar-refractivity contribution is 5.85. The molecule has 0 aromatic carbocycles. The molecular formula is C14H23N3O2. The summed E-state index contributed by atoms with van der Waals surface area (Å²) in [6.45, 7) is 4.00. The standard InChI is InChI=1S/C14H23N3O2/c18-13-4-3-11-9-15-6-5-12(11)17(13)10-14(19)16-7-1-2-8-16/h11-12,15H,1-10H2. The third-order valence-corrected chi connectivity index (χ3v) is 4.78. The lowest BCUT2D eigenvalue weighted by Gasteiger charge is -2.44. The van der Waals surface area contributed by atoms with E-state index in [2.05, 4.69) is 5.32 Å². The van der Waals surface area contributed by atoms with Crippen molar-refractivity contribution in [3.63, 3.8) is 0 Å². The Labute approximate surface area is 114 Å². The molecule has 3 aliphatic rings. The molecule has 0 spiro atoms. The molecule has 106 valence electrons. The van der Waals surface area contributed by atoms with Crippen molar-refractivity contribution in [1.82, 2.24) is 15.1 Å². The second-order valence-corrected chi connectivity index (χ2v) is 5.97. The lowest BCUT2D eigenvalue weighted by atomic mass is 9.84. The highest BCUT2D eigenvalue weighted by Gasteiger charge is 2.38. The smallest absolute Gasteiger partial charge is 0.242 e. The minimum Gasteiger partial charge on any atom is -0.341 e. The van der Waals surface area contributed by atoms with Crippen LogP contribution in [0.2, 0.25) is 0 Å². The SMILES string of the molecule is O=C(CN1C(=O)CCC2CNCCC21)N1CCCC1. The van der Waals surface area contributed by atoms with E-state index >= 15 is 0 Å².